The maximum atomic E-state index is 12.8. The zero-order valence-electron chi connectivity index (χ0n) is 14.1. The minimum Gasteiger partial charge on any atom is -0.337 e. The van der Waals surface area contributed by atoms with Crippen molar-refractivity contribution in [3.63, 3.8) is 0 Å². The summed E-state index contributed by atoms with van der Waals surface area (Å²) in [5, 5.41) is 10.8. The number of benzene rings is 2. The average molecular weight is 364 g/mol. The number of nitro groups is 1. The van der Waals surface area contributed by atoms with Gasteiger partial charge < -0.3 is 10.6 Å². The number of carbonyl (C=O) groups is 1. The Bertz CT molecular complexity index is 723. The van der Waals surface area contributed by atoms with Gasteiger partial charge in [0, 0.05) is 37.3 Å². The van der Waals surface area contributed by atoms with E-state index in [1.807, 2.05) is 30.3 Å². The molecule has 0 aliphatic rings. The van der Waals surface area contributed by atoms with E-state index >= 15 is 0 Å². The Kier molecular flexibility index (Phi) is 8.04. The van der Waals surface area contributed by atoms with Gasteiger partial charge in [-0.15, -0.1) is 12.4 Å². The summed E-state index contributed by atoms with van der Waals surface area (Å²) in [6, 6.07) is 14.2. The van der Waals surface area contributed by atoms with E-state index in [0.717, 1.165) is 12.0 Å². The minimum absolute atomic E-state index is 0. The Balaban J connectivity index is 0.00000312. The summed E-state index contributed by atoms with van der Waals surface area (Å²) in [6.07, 6.45) is 0.735. The van der Waals surface area contributed by atoms with Crippen LogP contribution in [0.4, 0.5) is 5.69 Å². The van der Waals surface area contributed by atoms with Crippen LogP contribution in [0.15, 0.2) is 48.5 Å². The number of nitro benzene ring substituents is 1. The number of hydrogen-bond donors (Lipinski definition) is 1. The fraction of sp³-hybridized carbons (Fsp3) is 0.278. The highest BCUT2D eigenvalue weighted by Crippen LogP contribution is 2.19. The average Bonchev–Trinajstić information content (AvgIpc) is 2.58. The molecule has 2 aromatic carbocycles. The van der Waals surface area contributed by atoms with Gasteiger partial charge in [0.15, 0.2) is 0 Å². The summed E-state index contributed by atoms with van der Waals surface area (Å²) in [7, 11) is 0. The molecule has 134 valence electrons. The van der Waals surface area contributed by atoms with E-state index in [1.54, 1.807) is 11.8 Å². The molecule has 2 N–H and O–H groups in total. The lowest BCUT2D eigenvalue weighted by atomic mass is 10.1. The maximum absolute atomic E-state index is 12.8. The molecule has 0 bridgehead atoms. The number of nitrogens with zero attached hydrogens (tertiary/aromatic N) is 2. The standard InChI is InChI=1S/C18H21N3O3.ClH/c1-14-13-16(21(23)24)7-8-17(14)18(22)20(12-10-19)11-9-15-5-3-2-4-6-15;/h2-8,13H,9-12,19H2,1H3;1H. The Morgan fingerprint density at radius 1 is 1.16 bits per heavy atom. The molecule has 7 heteroatoms. The van der Waals surface area contributed by atoms with Crippen molar-refractivity contribution in [1.82, 2.24) is 4.90 Å². The van der Waals surface area contributed by atoms with Crippen molar-refractivity contribution in [3.05, 3.63) is 75.3 Å². The van der Waals surface area contributed by atoms with E-state index in [2.05, 4.69) is 0 Å². The zero-order valence-corrected chi connectivity index (χ0v) is 14.9. The third-order valence-corrected chi connectivity index (χ3v) is 3.85. The Morgan fingerprint density at radius 2 is 1.84 bits per heavy atom. The van der Waals surface area contributed by atoms with Crippen LogP contribution in [-0.4, -0.2) is 35.4 Å². The molecule has 2 aromatic rings. The molecule has 0 spiro atoms. The normalized spacial score (nSPS) is 10.0. The highest BCUT2D eigenvalue weighted by molar-refractivity contribution is 5.96. The number of halogens is 1. The van der Waals surface area contributed by atoms with Crippen LogP contribution in [0.3, 0.4) is 0 Å². The third-order valence-electron chi connectivity index (χ3n) is 3.85. The van der Waals surface area contributed by atoms with Gasteiger partial charge in [0.05, 0.1) is 4.92 Å². The van der Waals surface area contributed by atoms with Gasteiger partial charge in [-0.25, -0.2) is 0 Å². The summed E-state index contributed by atoms with van der Waals surface area (Å²) in [4.78, 5) is 24.8. The van der Waals surface area contributed by atoms with E-state index in [4.69, 9.17) is 5.73 Å². The monoisotopic (exact) mass is 363 g/mol. The predicted molar refractivity (Wildman–Crippen MR) is 100 cm³/mol. The molecule has 0 fully saturated rings. The second-order valence-corrected chi connectivity index (χ2v) is 5.57. The number of non-ortho nitro benzene ring substituents is 1. The van der Waals surface area contributed by atoms with Gasteiger partial charge in [0.1, 0.15) is 0 Å². The van der Waals surface area contributed by atoms with Crippen LogP contribution in [0.25, 0.3) is 0 Å². The molecule has 0 aromatic heterocycles. The molecule has 0 radical (unpaired) electrons. The fourth-order valence-corrected chi connectivity index (χ4v) is 2.55. The van der Waals surface area contributed by atoms with Gasteiger partial charge in [0.25, 0.3) is 11.6 Å². The van der Waals surface area contributed by atoms with Crippen LogP contribution < -0.4 is 5.73 Å². The SMILES string of the molecule is Cc1cc([N+](=O)[O-])ccc1C(=O)N(CCN)CCc1ccccc1.Cl. The Hall–Kier alpha value is -2.44. The van der Waals surface area contributed by atoms with E-state index < -0.39 is 4.92 Å². The molecular weight excluding hydrogens is 342 g/mol. The number of amides is 1. The molecule has 0 atom stereocenters. The molecule has 6 nitrogen and oxygen atoms in total. The van der Waals surface area contributed by atoms with Crippen molar-refractivity contribution in [2.75, 3.05) is 19.6 Å². The number of aryl methyl sites for hydroxylation is 1. The number of nitrogens with two attached hydrogens (primary N) is 1. The van der Waals surface area contributed by atoms with E-state index in [-0.39, 0.29) is 24.0 Å². The van der Waals surface area contributed by atoms with Crippen LogP contribution >= 0.6 is 12.4 Å². The van der Waals surface area contributed by atoms with Crippen molar-refractivity contribution in [2.45, 2.75) is 13.3 Å². The lowest BCUT2D eigenvalue weighted by molar-refractivity contribution is -0.384. The zero-order chi connectivity index (χ0) is 17.5. The van der Waals surface area contributed by atoms with Gasteiger partial charge in [-0.3, -0.25) is 14.9 Å². The molecule has 1 amide bonds. The summed E-state index contributed by atoms with van der Waals surface area (Å²) in [5.74, 6) is -0.149. The van der Waals surface area contributed by atoms with Crippen molar-refractivity contribution in [3.8, 4) is 0 Å². The molecule has 0 heterocycles. The van der Waals surface area contributed by atoms with Gasteiger partial charge in [-0.2, -0.15) is 0 Å². The van der Waals surface area contributed by atoms with Crippen LogP contribution in [-0.2, 0) is 6.42 Å². The summed E-state index contributed by atoms with van der Waals surface area (Å²) >= 11 is 0. The van der Waals surface area contributed by atoms with Crippen molar-refractivity contribution in [1.29, 1.82) is 0 Å². The number of hydrogen-bond acceptors (Lipinski definition) is 4. The van der Waals surface area contributed by atoms with Gasteiger partial charge >= 0.3 is 0 Å². The highest BCUT2D eigenvalue weighted by Gasteiger charge is 2.19. The van der Waals surface area contributed by atoms with Crippen molar-refractivity contribution >= 4 is 24.0 Å². The molecular formula is C18H22ClN3O3. The largest absolute Gasteiger partial charge is 0.337 e. The smallest absolute Gasteiger partial charge is 0.269 e. The van der Waals surface area contributed by atoms with Crippen LogP contribution in [0.5, 0.6) is 0 Å². The lowest BCUT2D eigenvalue weighted by Gasteiger charge is -2.23. The predicted octanol–water partition coefficient (Wildman–Crippen LogP) is 2.97. The fourth-order valence-electron chi connectivity index (χ4n) is 2.55. The van der Waals surface area contributed by atoms with E-state index in [0.29, 0.717) is 30.8 Å². The molecule has 25 heavy (non-hydrogen) atoms. The van der Waals surface area contributed by atoms with Crippen molar-refractivity contribution < 1.29 is 9.72 Å². The summed E-state index contributed by atoms with van der Waals surface area (Å²) in [5.41, 5.74) is 7.83. The lowest BCUT2D eigenvalue weighted by Crippen LogP contribution is -2.37. The second kappa shape index (κ2) is 9.76. The quantitative estimate of drug-likeness (QED) is 0.605. The minimum atomic E-state index is -0.464. The first-order valence-electron chi connectivity index (χ1n) is 7.81. The Morgan fingerprint density at radius 3 is 2.40 bits per heavy atom. The van der Waals surface area contributed by atoms with E-state index in [1.165, 1.54) is 18.2 Å². The molecule has 2 rings (SSSR count). The van der Waals surface area contributed by atoms with Crippen molar-refractivity contribution in [2.24, 2.45) is 5.73 Å². The second-order valence-electron chi connectivity index (χ2n) is 5.57. The molecule has 0 saturated heterocycles. The third kappa shape index (κ3) is 5.55. The van der Waals surface area contributed by atoms with Gasteiger partial charge in [-0.05, 0) is 30.5 Å². The summed E-state index contributed by atoms with van der Waals surface area (Å²) < 4.78 is 0. The van der Waals surface area contributed by atoms with E-state index in [9.17, 15) is 14.9 Å². The maximum Gasteiger partial charge on any atom is 0.269 e. The van der Waals surface area contributed by atoms with Crippen LogP contribution in [0, 0.1) is 17.0 Å². The van der Waals surface area contributed by atoms with Gasteiger partial charge in [-0.1, -0.05) is 30.3 Å². The van der Waals surface area contributed by atoms with Crippen LogP contribution in [0.2, 0.25) is 0 Å². The highest BCUT2D eigenvalue weighted by atomic mass is 35.5. The topological polar surface area (TPSA) is 89.5 Å². The molecule has 0 aliphatic heterocycles. The van der Waals surface area contributed by atoms with Crippen LogP contribution in [0.1, 0.15) is 21.5 Å². The first kappa shape index (κ1) is 20.6. The first-order valence-corrected chi connectivity index (χ1v) is 7.81. The summed E-state index contributed by atoms with van der Waals surface area (Å²) in [6.45, 7) is 3.07. The van der Waals surface area contributed by atoms with Gasteiger partial charge in [0.2, 0.25) is 0 Å². The first-order chi connectivity index (χ1) is 11.5. The number of rotatable bonds is 7. The molecule has 0 unspecified atom stereocenters. The molecule has 0 saturated carbocycles. The number of carbonyl (C=O) groups excluding carboxylic acids is 1. The Labute approximate surface area is 153 Å². The molecule has 0 aliphatic carbocycles.